The number of nitrogens with one attached hydrogen (secondary N) is 1. The number of fused-ring (bicyclic) bond motifs is 1. The van der Waals surface area contributed by atoms with E-state index in [1.807, 2.05) is 18.7 Å². The van der Waals surface area contributed by atoms with Crippen molar-refractivity contribution in [2.45, 2.75) is 57.7 Å². The van der Waals surface area contributed by atoms with Crippen molar-refractivity contribution in [1.29, 1.82) is 0 Å². The van der Waals surface area contributed by atoms with Gasteiger partial charge in [0.1, 0.15) is 0 Å². The van der Waals surface area contributed by atoms with Gasteiger partial charge in [-0.15, -0.1) is 0 Å². The third-order valence-corrected chi connectivity index (χ3v) is 6.06. The van der Waals surface area contributed by atoms with Crippen molar-refractivity contribution in [3.8, 4) is 0 Å². The normalized spacial score (nSPS) is 25.0. The van der Waals surface area contributed by atoms with E-state index in [4.69, 9.17) is 4.74 Å². The lowest BCUT2D eigenvalue weighted by atomic mass is 9.74. The number of benzene rings is 1. The van der Waals surface area contributed by atoms with E-state index in [0.29, 0.717) is 5.69 Å². The molecule has 1 aromatic heterocycles. The number of hydrogen-bond acceptors (Lipinski definition) is 3. The van der Waals surface area contributed by atoms with Crippen LogP contribution in [0.25, 0.3) is 0 Å². The van der Waals surface area contributed by atoms with Gasteiger partial charge in [-0.05, 0) is 37.7 Å². The molecule has 0 saturated carbocycles. The first-order valence-corrected chi connectivity index (χ1v) is 9.55. The second kappa shape index (κ2) is 6.54. The Kier molecular flexibility index (Phi) is 4.35. The van der Waals surface area contributed by atoms with Crippen LogP contribution in [0.2, 0.25) is 0 Å². The third kappa shape index (κ3) is 2.94. The zero-order valence-corrected chi connectivity index (χ0v) is 15.8. The van der Waals surface area contributed by atoms with Gasteiger partial charge in [0.25, 0.3) is 5.91 Å². The number of carbonyl (C=O) groups excluding carboxylic acids is 1. The van der Waals surface area contributed by atoms with Gasteiger partial charge in [0.05, 0.1) is 17.9 Å². The van der Waals surface area contributed by atoms with Crippen LogP contribution >= 0.6 is 0 Å². The lowest BCUT2D eigenvalue weighted by molar-refractivity contribution is -0.00703. The van der Waals surface area contributed by atoms with Gasteiger partial charge >= 0.3 is 0 Å². The van der Waals surface area contributed by atoms with Gasteiger partial charge in [-0.2, -0.15) is 5.10 Å². The highest BCUT2D eigenvalue weighted by molar-refractivity contribution is 5.94. The first kappa shape index (κ1) is 17.3. The van der Waals surface area contributed by atoms with Crippen LogP contribution in [0.5, 0.6) is 0 Å². The molecule has 1 N–H and O–H groups in total. The number of rotatable bonds is 2. The molecule has 1 fully saturated rings. The number of aromatic amines is 1. The number of nitrogens with zero attached hydrogens (tertiary/aromatic N) is 2. The number of ether oxygens (including phenoxy) is 1. The standard InChI is InChI=1S/C21H27N3O2/c1-14-13-17-18(15(2)26-14)22-23-19(17)20(25)24-11-9-21(3,10-12-24)16-7-5-4-6-8-16/h4-8,14-15H,9-13H2,1-3H3,(H,22,23)/t14-,15+/m1/s1. The highest BCUT2D eigenvalue weighted by Gasteiger charge is 2.36. The smallest absolute Gasteiger partial charge is 0.274 e. The summed E-state index contributed by atoms with van der Waals surface area (Å²) in [6, 6.07) is 10.6. The first-order valence-electron chi connectivity index (χ1n) is 9.55. The van der Waals surface area contributed by atoms with Crippen LogP contribution in [-0.4, -0.2) is 40.2 Å². The fourth-order valence-electron chi connectivity index (χ4n) is 4.33. The highest BCUT2D eigenvalue weighted by atomic mass is 16.5. The molecule has 2 aliphatic heterocycles. The van der Waals surface area contributed by atoms with Gasteiger partial charge in [-0.25, -0.2) is 0 Å². The van der Waals surface area contributed by atoms with Crippen LogP contribution in [0, 0.1) is 0 Å². The van der Waals surface area contributed by atoms with Gasteiger partial charge in [0.15, 0.2) is 5.69 Å². The molecule has 0 unspecified atom stereocenters. The summed E-state index contributed by atoms with van der Waals surface area (Å²) in [6.45, 7) is 7.90. The molecule has 2 aromatic rings. The monoisotopic (exact) mass is 353 g/mol. The minimum atomic E-state index is -0.0365. The zero-order chi connectivity index (χ0) is 18.3. The van der Waals surface area contributed by atoms with E-state index in [0.717, 1.165) is 43.6 Å². The van der Waals surface area contributed by atoms with E-state index in [-0.39, 0.29) is 23.5 Å². The summed E-state index contributed by atoms with van der Waals surface area (Å²) in [5.41, 5.74) is 4.09. The van der Waals surface area contributed by atoms with Crippen LogP contribution in [0.4, 0.5) is 0 Å². The fourth-order valence-corrected chi connectivity index (χ4v) is 4.33. The van der Waals surface area contributed by atoms with Crippen molar-refractivity contribution >= 4 is 5.91 Å². The number of aromatic nitrogens is 2. The van der Waals surface area contributed by atoms with E-state index in [9.17, 15) is 4.79 Å². The molecule has 0 bridgehead atoms. The average molecular weight is 353 g/mol. The number of piperidine rings is 1. The number of amides is 1. The van der Waals surface area contributed by atoms with E-state index in [2.05, 4.69) is 47.5 Å². The predicted octanol–water partition coefficient (Wildman–Crippen LogP) is 3.63. The Morgan fingerprint density at radius 1 is 1.23 bits per heavy atom. The van der Waals surface area contributed by atoms with E-state index in [1.165, 1.54) is 5.56 Å². The van der Waals surface area contributed by atoms with Gasteiger partial charge in [0, 0.05) is 25.1 Å². The Morgan fingerprint density at radius 3 is 2.62 bits per heavy atom. The first-order chi connectivity index (χ1) is 12.5. The molecule has 2 aliphatic rings. The van der Waals surface area contributed by atoms with Crippen LogP contribution in [-0.2, 0) is 16.6 Å². The summed E-state index contributed by atoms with van der Waals surface area (Å²) < 4.78 is 5.83. The zero-order valence-electron chi connectivity index (χ0n) is 15.8. The van der Waals surface area contributed by atoms with Crippen molar-refractivity contribution in [2.75, 3.05) is 13.1 Å². The molecule has 0 spiro atoms. The molecule has 1 aromatic carbocycles. The topological polar surface area (TPSA) is 58.2 Å². The molecular formula is C21H27N3O2. The molecule has 5 heteroatoms. The van der Waals surface area contributed by atoms with Crippen LogP contribution in [0.3, 0.4) is 0 Å². The summed E-state index contributed by atoms with van der Waals surface area (Å²) in [5, 5.41) is 7.39. The van der Waals surface area contributed by atoms with E-state index in [1.54, 1.807) is 0 Å². The molecular weight excluding hydrogens is 326 g/mol. The Hall–Kier alpha value is -2.14. The molecule has 3 heterocycles. The summed E-state index contributed by atoms with van der Waals surface area (Å²) in [7, 11) is 0. The molecule has 1 saturated heterocycles. The maximum atomic E-state index is 13.1. The lowest BCUT2D eigenvalue weighted by Gasteiger charge is -2.39. The highest BCUT2D eigenvalue weighted by Crippen LogP contribution is 2.36. The van der Waals surface area contributed by atoms with Crippen LogP contribution < -0.4 is 0 Å². The second-order valence-corrected chi connectivity index (χ2v) is 7.98. The maximum absolute atomic E-state index is 13.1. The van der Waals surface area contributed by atoms with Crippen molar-refractivity contribution in [1.82, 2.24) is 15.1 Å². The van der Waals surface area contributed by atoms with E-state index < -0.39 is 0 Å². The summed E-state index contributed by atoms with van der Waals surface area (Å²) >= 11 is 0. The molecule has 1 amide bonds. The average Bonchev–Trinajstić information content (AvgIpc) is 3.06. The quantitative estimate of drug-likeness (QED) is 0.897. The summed E-state index contributed by atoms with van der Waals surface area (Å²) in [5.74, 6) is 0.0545. The SMILES string of the molecule is C[C@@H]1Cc2c(C(=O)N3CCC(C)(c4ccccc4)CC3)n[nH]c2[C@H](C)O1. The maximum Gasteiger partial charge on any atom is 0.274 e. The largest absolute Gasteiger partial charge is 0.369 e. The molecule has 5 nitrogen and oxygen atoms in total. The van der Waals surface area contributed by atoms with Gasteiger partial charge in [-0.1, -0.05) is 37.3 Å². The number of hydrogen-bond donors (Lipinski definition) is 1. The Labute approximate surface area is 154 Å². The van der Waals surface area contributed by atoms with Gasteiger partial charge < -0.3 is 9.64 Å². The molecule has 138 valence electrons. The Morgan fingerprint density at radius 2 is 1.92 bits per heavy atom. The van der Waals surface area contributed by atoms with Crippen molar-refractivity contribution < 1.29 is 9.53 Å². The van der Waals surface area contributed by atoms with Crippen LogP contribution in [0.1, 0.15) is 67.0 Å². The van der Waals surface area contributed by atoms with Crippen molar-refractivity contribution in [3.05, 3.63) is 52.8 Å². The number of H-pyrrole nitrogens is 1. The number of likely N-dealkylation sites (tertiary alicyclic amines) is 1. The Balaban J connectivity index is 1.50. The summed E-state index contributed by atoms with van der Waals surface area (Å²) in [6.07, 6.45) is 2.78. The fraction of sp³-hybridized carbons (Fsp3) is 0.524. The van der Waals surface area contributed by atoms with Gasteiger partial charge in [-0.3, -0.25) is 9.89 Å². The lowest BCUT2D eigenvalue weighted by Crippen LogP contribution is -2.44. The molecule has 26 heavy (non-hydrogen) atoms. The molecule has 0 aliphatic carbocycles. The van der Waals surface area contributed by atoms with Crippen molar-refractivity contribution in [2.24, 2.45) is 0 Å². The second-order valence-electron chi connectivity index (χ2n) is 7.98. The van der Waals surface area contributed by atoms with E-state index >= 15 is 0 Å². The minimum Gasteiger partial charge on any atom is -0.369 e. The third-order valence-electron chi connectivity index (χ3n) is 6.06. The minimum absolute atomic E-state index is 0.0365. The predicted molar refractivity (Wildman–Crippen MR) is 100 cm³/mol. The Bertz CT molecular complexity index is 791. The molecule has 0 radical (unpaired) electrons. The number of carbonyl (C=O) groups is 1. The van der Waals surface area contributed by atoms with Crippen LogP contribution in [0.15, 0.2) is 30.3 Å². The summed E-state index contributed by atoms with van der Waals surface area (Å²) in [4.78, 5) is 15.1. The van der Waals surface area contributed by atoms with Crippen molar-refractivity contribution in [3.63, 3.8) is 0 Å². The van der Waals surface area contributed by atoms with Gasteiger partial charge in [0.2, 0.25) is 0 Å². The molecule has 4 rings (SSSR count). The molecule has 2 atom stereocenters.